The molecule has 2 aromatic rings. The molecular formula is C19H28N4O2. The second-order valence-corrected chi connectivity index (χ2v) is 6.95. The summed E-state index contributed by atoms with van der Waals surface area (Å²) in [4.78, 5) is 22.5. The van der Waals surface area contributed by atoms with Crippen molar-refractivity contribution in [2.45, 2.75) is 45.7 Å². The Hall–Kier alpha value is -1.92. The van der Waals surface area contributed by atoms with Gasteiger partial charge in [-0.2, -0.15) is 0 Å². The van der Waals surface area contributed by atoms with Gasteiger partial charge in [0.1, 0.15) is 5.82 Å². The highest BCUT2D eigenvalue weighted by Crippen LogP contribution is 2.26. The zero-order valence-corrected chi connectivity index (χ0v) is 15.4. The summed E-state index contributed by atoms with van der Waals surface area (Å²) >= 11 is 0. The number of imidazole rings is 1. The summed E-state index contributed by atoms with van der Waals surface area (Å²) in [7, 11) is 1.73. The summed E-state index contributed by atoms with van der Waals surface area (Å²) in [6, 6.07) is 0. The van der Waals surface area contributed by atoms with Gasteiger partial charge < -0.3 is 14.3 Å². The Morgan fingerprint density at radius 1 is 1.40 bits per heavy atom. The molecule has 0 bridgehead atoms. The monoisotopic (exact) mass is 344 g/mol. The zero-order chi connectivity index (χ0) is 17.8. The Kier molecular flexibility index (Phi) is 5.71. The molecule has 0 aromatic carbocycles. The van der Waals surface area contributed by atoms with Crippen LogP contribution in [0.5, 0.6) is 0 Å². The van der Waals surface area contributed by atoms with Gasteiger partial charge in [-0.15, -0.1) is 0 Å². The van der Waals surface area contributed by atoms with Gasteiger partial charge in [0.15, 0.2) is 5.43 Å². The molecule has 3 rings (SSSR count). The molecule has 0 amide bonds. The minimum Gasteiger partial charge on any atom is -0.383 e. The first kappa shape index (κ1) is 17.9. The van der Waals surface area contributed by atoms with E-state index < -0.39 is 0 Å². The van der Waals surface area contributed by atoms with Gasteiger partial charge in [-0.05, 0) is 33.2 Å². The standard InChI is InChI=1S/C19H28N4O2/c1-14-11-21-17(15(2)18(14)24)13-22-7-4-5-16(12-22)19-20-6-8-23(19)9-10-25-3/h6,8,11,16H,4-5,7,9-10,12-13H2,1-3H3,(H,21,24)/t16-/m0/s1. The molecule has 25 heavy (non-hydrogen) atoms. The number of piperidine rings is 1. The molecule has 1 fully saturated rings. The van der Waals surface area contributed by atoms with Crippen LogP contribution < -0.4 is 5.43 Å². The minimum absolute atomic E-state index is 0.150. The highest BCUT2D eigenvalue weighted by molar-refractivity contribution is 5.23. The van der Waals surface area contributed by atoms with Gasteiger partial charge in [0.2, 0.25) is 0 Å². The number of rotatable bonds is 6. The molecule has 6 nitrogen and oxygen atoms in total. The van der Waals surface area contributed by atoms with E-state index in [9.17, 15) is 4.79 Å². The molecule has 0 aliphatic carbocycles. The third-order valence-corrected chi connectivity index (χ3v) is 5.15. The third-order valence-electron chi connectivity index (χ3n) is 5.15. The summed E-state index contributed by atoms with van der Waals surface area (Å²) in [5, 5.41) is 0. The quantitative estimate of drug-likeness (QED) is 0.873. The van der Waals surface area contributed by atoms with Crippen LogP contribution in [0.25, 0.3) is 0 Å². The maximum atomic E-state index is 12.2. The molecule has 0 unspecified atom stereocenters. The van der Waals surface area contributed by atoms with E-state index in [0.29, 0.717) is 12.5 Å². The van der Waals surface area contributed by atoms with Gasteiger partial charge in [-0.1, -0.05) is 0 Å². The Bertz CT molecular complexity index is 765. The number of H-pyrrole nitrogens is 1. The maximum absolute atomic E-state index is 12.2. The van der Waals surface area contributed by atoms with Crippen LogP contribution in [-0.4, -0.2) is 46.2 Å². The van der Waals surface area contributed by atoms with Crippen molar-refractivity contribution in [3.05, 3.63) is 51.5 Å². The van der Waals surface area contributed by atoms with Gasteiger partial charge >= 0.3 is 0 Å². The summed E-state index contributed by atoms with van der Waals surface area (Å²) in [6.45, 7) is 8.13. The average molecular weight is 344 g/mol. The van der Waals surface area contributed by atoms with Crippen LogP contribution in [0.4, 0.5) is 0 Å². The number of ether oxygens (including phenoxy) is 1. The largest absolute Gasteiger partial charge is 0.383 e. The lowest BCUT2D eigenvalue weighted by Gasteiger charge is -2.32. The summed E-state index contributed by atoms with van der Waals surface area (Å²) in [5.41, 5.74) is 2.79. The molecule has 0 saturated carbocycles. The number of aromatic amines is 1. The van der Waals surface area contributed by atoms with Crippen molar-refractivity contribution in [1.82, 2.24) is 19.4 Å². The van der Waals surface area contributed by atoms with Crippen LogP contribution in [0.15, 0.2) is 23.4 Å². The van der Waals surface area contributed by atoms with E-state index in [0.717, 1.165) is 61.7 Å². The number of aryl methyl sites for hydroxylation is 1. The molecule has 3 heterocycles. The first-order chi connectivity index (χ1) is 12.1. The number of methoxy groups -OCH3 is 1. The number of pyridine rings is 1. The van der Waals surface area contributed by atoms with Gasteiger partial charge in [0.05, 0.1) is 6.61 Å². The SMILES string of the molecule is COCCn1ccnc1[C@H]1CCCN(Cc2[nH]cc(C)c(=O)c2C)C1. The van der Waals surface area contributed by atoms with E-state index in [2.05, 4.69) is 19.4 Å². The Morgan fingerprint density at radius 2 is 2.24 bits per heavy atom. The molecule has 1 aliphatic heterocycles. The molecule has 6 heteroatoms. The third kappa shape index (κ3) is 4.02. The number of hydrogen-bond acceptors (Lipinski definition) is 4. The number of hydrogen-bond donors (Lipinski definition) is 1. The lowest BCUT2D eigenvalue weighted by molar-refractivity contribution is 0.177. The van der Waals surface area contributed by atoms with Crippen LogP contribution in [-0.2, 0) is 17.8 Å². The zero-order valence-electron chi connectivity index (χ0n) is 15.4. The van der Waals surface area contributed by atoms with E-state index in [1.807, 2.05) is 32.4 Å². The normalized spacial score (nSPS) is 18.6. The van der Waals surface area contributed by atoms with Crippen LogP contribution in [0.3, 0.4) is 0 Å². The lowest BCUT2D eigenvalue weighted by Crippen LogP contribution is -2.36. The van der Waals surface area contributed by atoms with Crippen molar-refractivity contribution < 1.29 is 4.74 Å². The van der Waals surface area contributed by atoms with E-state index >= 15 is 0 Å². The van der Waals surface area contributed by atoms with Crippen LogP contribution in [0.2, 0.25) is 0 Å². The van der Waals surface area contributed by atoms with E-state index in [-0.39, 0.29) is 5.43 Å². The Morgan fingerprint density at radius 3 is 3.04 bits per heavy atom. The molecule has 1 atom stereocenters. The molecule has 0 radical (unpaired) electrons. The summed E-state index contributed by atoms with van der Waals surface area (Å²) in [5.74, 6) is 1.58. The van der Waals surface area contributed by atoms with Gasteiger partial charge in [0.25, 0.3) is 0 Å². The van der Waals surface area contributed by atoms with E-state index in [1.165, 1.54) is 0 Å². The predicted molar refractivity (Wildman–Crippen MR) is 97.9 cm³/mol. The number of nitrogens with zero attached hydrogens (tertiary/aromatic N) is 3. The minimum atomic E-state index is 0.150. The number of aromatic nitrogens is 3. The lowest BCUT2D eigenvalue weighted by atomic mass is 9.96. The van der Waals surface area contributed by atoms with Crippen molar-refractivity contribution in [3.63, 3.8) is 0 Å². The van der Waals surface area contributed by atoms with Crippen molar-refractivity contribution in [2.24, 2.45) is 0 Å². The van der Waals surface area contributed by atoms with Crippen molar-refractivity contribution >= 4 is 0 Å². The second kappa shape index (κ2) is 7.97. The highest BCUT2D eigenvalue weighted by atomic mass is 16.5. The fourth-order valence-corrected chi connectivity index (χ4v) is 3.66. The van der Waals surface area contributed by atoms with E-state index in [4.69, 9.17) is 4.74 Å². The molecular weight excluding hydrogens is 316 g/mol. The van der Waals surface area contributed by atoms with E-state index in [1.54, 1.807) is 7.11 Å². The van der Waals surface area contributed by atoms with Crippen molar-refractivity contribution in [3.8, 4) is 0 Å². The van der Waals surface area contributed by atoms with Crippen LogP contribution >= 0.6 is 0 Å². The molecule has 1 aliphatic rings. The second-order valence-electron chi connectivity index (χ2n) is 6.95. The van der Waals surface area contributed by atoms with Gasteiger partial charge in [0, 0.05) is 68.1 Å². The molecule has 136 valence electrons. The Labute approximate surface area is 148 Å². The highest BCUT2D eigenvalue weighted by Gasteiger charge is 2.25. The molecule has 0 spiro atoms. The maximum Gasteiger partial charge on any atom is 0.187 e. The summed E-state index contributed by atoms with van der Waals surface area (Å²) in [6.07, 6.45) is 8.05. The molecule has 1 saturated heterocycles. The smallest absolute Gasteiger partial charge is 0.187 e. The van der Waals surface area contributed by atoms with Crippen LogP contribution in [0, 0.1) is 13.8 Å². The summed E-state index contributed by atoms with van der Waals surface area (Å²) < 4.78 is 7.40. The average Bonchev–Trinajstić information content (AvgIpc) is 3.09. The van der Waals surface area contributed by atoms with Gasteiger partial charge in [-0.3, -0.25) is 9.69 Å². The van der Waals surface area contributed by atoms with Crippen LogP contribution in [0.1, 0.15) is 41.4 Å². The first-order valence-electron chi connectivity index (χ1n) is 9.00. The Balaban J connectivity index is 1.71. The first-order valence-corrected chi connectivity index (χ1v) is 9.00. The molecule has 2 aromatic heterocycles. The predicted octanol–water partition coefficient (Wildman–Crippen LogP) is 2.21. The fourth-order valence-electron chi connectivity index (χ4n) is 3.66. The fraction of sp³-hybridized carbons (Fsp3) is 0.579. The number of nitrogens with one attached hydrogen (secondary N) is 1. The van der Waals surface area contributed by atoms with Gasteiger partial charge in [-0.25, -0.2) is 4.98 Å². The molecule has 1 N–H and O–H groups in total. The topological polar surface area (TPSA) is 63.1 Å². The number of likely N-dealkylation sites (tertiary alicyclic amines) is 1. The van der Waals surface area contributed by atoms with Crippen molar-refractivity contribution in [2.75, 3.05) is 26.8 Å². The van der Waals surface area contributed by atoms with Crippen molar-refractivity contribution in [1.29, 1.82) is 0 Å².